The lowest BCUT2D eigenvalue weighted by Crippen LogP contribution is -2.04. The van der Waals surface area contributed by atoms with Crippen molar-refractivity contribution >= 4 is 11.9 Å². The molecule has 0 aromatic heterocycles. The Morgan fingerprint density at radius 1 is 0.824 bits per heavy atom. The van der Waals surface area contributed by atoms with E-state index >= 15 is 0 Å². The van der Waals surface area contributed by atoms with Gasteiger partial charge in [0, 0.05) is 5.57 Å². The second kappa shape index (κ2) is 16.9. The summed E-state index contributed by atoms with van der Waals surface area (Å²) >= 11 is 0. The van der Waals surface area contributed by atoms with Crippen molar-refractivity contribution < 1.29 is 40.2 Å². The minimum absolute atomic E-state index is 0.125. The van der Waals surface area contributed by atoms with Gasteiger partial charge in [-0.2, -0.15) is 0 Å². The van der Waals surface area contributed by atoms with Crippen LogP contribution in [-0.4, -0.2) is 69.0 Å². The number of rotatable bonds is 5. The van der Waals surface area contributed by atoms with Crippen LogP contribution in [0.1, 0.15) is 6.42 Å². The molecule has 102 valence electrons. The molecule has 0 radical (unpaired) electrons. The summed E-state index contributed by atoms with van der Waals surface area (Å²) in [5.74, 6) is -2.44. The molecule has 0 unspecified atom stereocenters. The normalized spacial score (nSPS) is 8.00. The van der Waals surface area contributed by atoms with Crippen LogP contribution >= 0.6 is 0 Å². The average molecular weight is 254 g/mol. The summed E-state index contributed by atoms with van der Waals surface area (Å²) in [6.45, 7) is 2.51. The summed E-state index contributed by atoms with van der Waals surface area (Å²) in [5.41, 5.74) is -0.303. The molecule has 0 fully saturated rings. The Bertz CT molecular complexity index is 205. The van der Waals surface area contributed by atoms with Crippen molar-refractivity contribution in [2.45, 2.75) is 6.42 Å². The SMILES string of the molecule is C=C(CC(=O)O)C(=O)O.OCCO.OCCO. The summed E-state index contributed by atoms with van der Waals surface area (Å²) in [6, 6.07) is 0. The van der Waals surface area contributed by atoms with Crippen molar-refractivity contribution in [3.05, 3.63) is 12.2 Å². The fourth-order valence-corrected chi connectivity index (χ4v) is 0.258. The van der Waals surface area contributed by atoms with Crippen molar-refractivity contribution in [3.63, 3.8) is 0 Å². The summed E-state index contributed by atoms with van der Waals surface area (Å²) in [7, 11) is 0. The number of aliphatic hydroxyl groups excluding tert-OH is 4. The highest BCUT2D eigenvalue weighted by molar-refractivity contribution is 5.91. The Hall–Kier alpha value is -1.48. The number of carboxylic acid groups (broad SMARTS) is 2. The van der Waals surface area contributed by atoms with E-state index in [2.05, 4.69) is 6.58 Å². The smallest absolute Gasteiger partial charge is 0.331 e. The van der Waals surface area contributed by atoms with E-state index in [1.807, 2.05) is 0 Å². The number of carbonyl (C=O) groups is 2. The number of hydrogen-bond acceptors (Lipinski definition) is 6. The molecule has 0 aliphatic carbocycles. The molecule has 8 heteroatoms. The molecule has 0 amide bonds. The molecule has 0 aromatic carbocycles. The van der Waals surface area contributed by atoms with Gasteiger partial charge in [0.05, 0.1) is 32.8 Å². The first kappa shape index (κ1) is 20.9. The lowest BCUT2D eigenvalue weighted by molar-refractivity contribution is -0.139. The highest BCUT2D eigenvalue weighted by atomic mass is 16.4. The quantitative estimate of drug-likeness (QED) is 0.309. The highest BCUT2D eigenvalue weighted by Gasteiger charge is 2.07. The van der Waals surface area contributed by atoms with Crippen molar-refractivity contribution in [2.24, 2.45) is 0 Å². The molecule has 17 heavy (non-hydrogen) atoms. The lowest BCUT2D eigenvalue weighted by Gasteiger charge is -1.91. The number of aliphatic carboxylic acids is 2. The average Bonchev–Trinajstić information content (AvgIpc) is 2.28. The third kappa shape index (κ3) is 31.4. The third-order valence-electron chi connectivity index (χ3n) is 0.867. The van der Waals surface area contributed by atoms with Gasteiger partial charge in [0.25, 0.3) is 0 Å². The second-order valence-electron chi connectivity index (χ2n) is 2.37. The largest absolute Gasteiger partial charge is 0.481 e. The fraction of sp³-hybridized carbons (Fsp3) is 0.556. The molecule has 0 bridgehead atoms. The maximum Gasteiger partial charge on any atom is 0.331 e. The molecular weight excluding hydrogens is 236 g/mol. The van der Waals surface area contributed by atoms with Crippen LogP contribution in [0.2, 0.25) is 0 Å². The maximum atomic E-state index is 9.87. The van der Waals surface area contributed by atoms with E-state index in [9.17, 15) is 9.59 Å². The van der Waals surface area contributed by atoms with Crippen LogP contribution in [0.3, 0.4) is 0 Å². The lowest BCUT2D eigenvalue weighted by atomic mass is 10.2. The first-order valence-corrected chi connectivity index (χ1v) is 4.43. The van der Waals surface area contributed by atoms with Crippen LogP contribution in [-0.2, 0) is 9.59 Å². The molecule has 0 atom stereocenters. The maximum absolute atomic E-state index is 9.87. The molecule has 0 saturated carbocycles. The van der Waals surface area contributed by atoms with E-state index < -0.39 is 18.4 Å². The zero-order chi connectivity index (χ0) is 14.3. The van der Waals surface area contributed by atoms with E-state index in [-0.39, 0.29) is 32.0 Å². The summed E-state index contributed by atoms with van der Waals surface area (Å²) in [5, 5.41) is 46.6. The van der Waals surface area contributed by atoms with Gasteiger partial charge in [-0.25, -0.2) is 4.79 Å². The minimum atomic E-state index is -1.27. The first-order valence-electron chi connectivity index (χ1n) is 4.43. The van der Waals surface area contributed by atoms with Crippen LogP contribution in [0.5, 0.6) is 0 Å². The highest BCUT2D eigenvalue weighted by Crippen LogP contribution is 1.95. The molecule has 0 aliphatic heterocycles. The monoisotopic (exact) mass is 254 g/mol. The summed E-state index contributed by atoms with van der Waals surface area (Å²) in [6.07, 6.45) is -0.505. The Labute approximate surface area is 98.1 Å². The molecule has 0 rings (SSSR count). The van der Waals surface area contributed by atoms with Gasteiger partial charge in [-0.1, -0.05) is 6.58 Å². The van der Waals surface area contributed by atoms with E-state index in [0.717, 1.165) is 0 Å². The van der Waals surface area contributed by atoms with E-state index in [4.69, 9.17) is 30.6 Å². The number of hydrogen-bond donors (Lipinski definition) is 6. The van der Waals surface area contributed by atoms with Gasteiger partial charge in [0.1, 0.15) is 0 Å². The van der Waals surface area contributed by atoms with E-state index in [1.165, 1.54) is 0 Å². The van der Waals surface area contributed by atoms with Gasteiger partial charge < -0.3 is 30.6 Å². The van der Waals surface area contributed by atoms with Crippen LogP contribution in [0, 0.1) is 0 Å². The molecule has 8 nitrogen and oxygen atoms in total. The molecule has 0 saturated heterocycles. The van der Waals surface area contributed by atoms with Gasteiger partial charge in [-0.3, -0.25) is 4.79 Å². The van der Waals surface area contributed by atoms with Gasteiger partial charge >= 0.3 is 11.9 Å². The number of carboxylic acids is 2. The molecule has 0 spiro atoms. The van der Waals surface area contributed by atoms with E-state index in [1.54, 1.807) is 0 Å². The topological polar surface area (TPSA) is 156 Å². The molecule has 0 aromatic rings. The Kier molecular flexibility index (Phi) is 20.8. The molecule has 0 heterocycles. The van der Waals surface area contributed by atoms with E-state index in [0.29, 0.717) is 0 Å². The zero-order valence-electron chi connectivity index (χ0n) is 9.24. The van der Waals surface area contributed by atoms with Gasteiger partial charge in [-0.15, -0.1) is 0 Å². The Morgan fingerprint density at radius 3 is 1.18 bits per heavy atom. The van der Waals surface area contributed by atoms with Crippen molar-refractivity contribution in [3.8, 4) is 0 Å². The zero-order valence-corrected chi connectivity index (χ0v) is 9.24. The standard InChI is InChI=1S/C5H6O4.2C2H6O2/c1-3(5(8)9)2-4(6)7;2*3-1-2-4/h1-2H2,(H,6,7)(H,8,9);2*3-4H,1-2H2. The summed E-state index contributed by atoms with van der Waals surface area (Å²) in [4.78, 5) is 19.7. The van der Waals surface area contributed by atoms with Gasteiger partial charge in [0.15, 0.2) is 0 Å². The van der Waals surface area contributed by atoms with Crippen LogP contribution in [0.15, 0.2) is 12.2 Å². The minimum Gasteiger partial charge on any atom is -0.481 e. The fourth-order valence-electron chi connectivity index (χ4n) is 0.258. The third-order valence-corrected chi connectivity index (χ3v) is 0.867. The molecular formula is C9H18O8. The predicted octanol–water partition coefficient (Wildman–Crippen LogP) is -1.96. The van der Waals surface area contributed by atoms with Gasteiger partial charge in [-0.05, 0) is 0 Å². The predicted molar refractivity (Wildman–Crippen MR) is 57.4 cm³/mol. The first-order chi connectivity index (χ1) is 7.87. The molecule has 0 aliphatic rings. The second-order valence-corrected chi connectivity index (χ2v) is 2.37. The van der Waals surface area contributed by atoms with Crippen molar-refractivity contribution in [1.29, 1.82) is 0 Å². The number of aliphatic hydroxyl groups is 4. The van der Waals surface area contributed by atoms with Crippen LogP contribution in [0.4, 0.5) is 0 Å². The van der Waals surface area contributed by atoms with Crippen LogP contribution in [0.25, 0.3) is 0 Å². The Balaban J connectivity index is -0.000000205. The van der Waals surface area contributed by atoms with Crippen molar-refractivity contribution in [2.75, 3.05) is 26.4 Å². The summed E-state index contributed by atoms with van der Waals surface area (Å²) < 4.78 is 0. The Morgan fingerprint density at radius 2 is 1.12 bits per heavy atom. The van der Waals surface area contributed by atoms with Crippen LogP contribution < -0.4 is 0 Å². The molecule has 6 N–H and O–H groups in total. The van der Waals surface area contributed by atoms with Crippen molar-refractivity contribution in [1.82, 2.24) is 0 Å². The van der Waals surface area contributed by atoms with Gasteiger partial charge in [0.2, 0.25) is 0 Å².